The van der Waals surface area contributed by atoms with Crippen LogP contribution in [0, 0.1) is 6.92 Å². The summed E-state index contributed by atoms with van der Waals surface area (Å²) in [5.74, 6) is -0.768. The van der Waals surface area contributed by atoms with E-state index in [9.17, 15) is 19.8 Å². The van der Waals surface area contributed by atoms with Crippen LogP contribution in [0.3, 0.4) is 0 Å². The van der Waals surface area contributed by atoms with Gasteiger partial charge in [-0.1, -0.05) is 23.9 Å². The van der Waals surface area contributed by atoms with Crippen molar-refractivity contribution in [2.75, 3.05) is 5.75 Å². The molecule has 0 saturated heterocycles. The highest BCUT2D eigenvalue weighted by molar-refractivity contribution is 8.13. The predicted molar refractivity (Wildman–Crippen MR) is 76.9 cm³/mol. The van der Waals surface area contributed by atoms with Gasteiger partial charge in [0, 0.05) is 18.2 Å². The lowest BCUT2D eigenvalue weighted by molar-refractivity contribution is -0.109. The molecule has 0 bridgehead atoms. The Kier molecular flexibility index (Phi) is 6.19. The van der Waals surface area contributed by atoms with E-state index in [1.165, 1.54) is 13.0 Å². The molecule has 1 rings (SSSR count). The Hall–Kier alpha value is -1.37. The second-order valence-electron chi connectivity index (χ2n) is 4.48. The fourth-order valence-corrected chi connectivity index (χ4v) is 2.58. The summed E-state index contributed by atoms with van der Waals surface area (Å²) in [7, 11) is 0. The zero-order valence-electron chi connectivity index (χ0n) is 11.4. The molecule has 0 fully saturated rings. The van der Waals surface area contributed by atoms with Crippen LogP contribution in [0.2, 0.25) is 0 Å². The van der Waals surface area contributed by atoms with Crippen LogP contribution in [0.1, 0.15) is 40.9 Å². The number of thioether (sulfide) groups is 1. The van der Waals surface area contributed by atoms with Crippen LogP contribution >= 0.6 is 11.8 Å². The molecule has 1 aromatic carbocycles. The highest BCUT2D eigenvalue weighted by Crippen LogP contribution is 2.27. The number of carbonyl (C=O) groups excluding carboxylic acids is 1. The number of carboxylic acids is 1. The van der Waals surface area contributed by atoms with Gasteiger partial charge in [0.1, 0.15) is 6.10 Å². The number of carboxylic acid groups (broad SMARTS) is 1. The Balaban J connectivity index is 2.88. The van der Waals surface area contributed by atoms with Crippen LogP contribution < -0.4 is 0 Å². The SMILES string of the molecule is CC(=O)SCCC(O)C(O)c1c(C)cccc1C(=O)O. The largest absolute Gasteiger partial charge is 0.478 e. The van der Waals surface area contributed by atoms with Crippen molar-refractivity contribution in [1.29, 1.82) is 0 Å². The second-order valence-corrected chi connectivity index (χ2v) is 5.75. The Bertz CT molecular complexity index is 500. The normalized spacial score (nSPS) is 13.8. The molecule has 0 aliphatic rings. The molecule has 0 aliphatic heterocycles. The van der Waals surface area contributed by atoms with Crippen molar-refractivity contribution in [3.63, 3.8) is 0 Å². The van der Waals surface area contributed by atoms with E-state index in [0.29, 0.717) is 11.3 Å². The van der Waals surface area contributed by atoms with Gasteiger partial charge in [-0.15, -0.1) is 0 Å². The predicted octanol–water partition coefficient (Wildman–Crippen LogP) is 1.76. The molecule has 0 heterocycles. The van der Waals surface area contributed by atoms with Crippen LogP contribution in [0.4, 0.5) is 0 Å². The smallest absolute Gasteiger partial charge is 0.336 e. The maximum atomic E-state index is 11.2. The van der Waals surface area contributed by atoms with E-state index >= 15 is 0 Å². The third-order valence-electron chi connectivity index (χ3n) is 2.93. The first-order chi connectivity index (χ1) is 9.34. The lowest BCUT2D eigenvalue weighted by Crippen LogP contribution is -2.22. The van der Waals surface area contributed by atoms with Crippen molar-refractivity contribution in [2.45, 2.75) is 32.5 Å². The average Bonchev–Trinajstić information content (AvgIpc) is 2.36. The molecule has 0 amide bonds. The number of rotatable bonds is 6. The minimum atomic E-state index is -1.28. The molecule has 1 aromatic rings. The maximum Gasteiger partial charge on any atom is 0.336 e. The zero-order chi connectivity index (χ0) is 15.3. The maximum absolute atomic E-state index is 11.2. The topological polar surface area (TPSA) is 94.8 Å². The summed E-state index contributed by atoms with van der Waals surface area (Å²) in [6.45, 7) is 3.11. The Labute approximate surface area is 121 Å². The highest BCUT2D eigenvalue weighted by Gasteiger charge is 2.25. The molecule has 0 aromatic heterocycles. The molecule has 0 spiro atoms. The summed E-state index contributed by atoms with van der Waals surface area (Å²) in [6, 6.07) is 4.67. The number of aryl methyl sites for hydroxylation is 1. The number of carbonyl (C=O) groups is 2. The minimum Gasteiger partial charge on any atom is -0.478 e. The van der Waals surface area contributed by atoms with E-state index in [1.54, 1.807) is 19.1 Å². The fraction of sp³-hybridized carbons (Fsp3) is 0.429. The molecule has 0 aliphatic carbocycles. The molecule has 6 heteroatoms. The zero-order valence-corrected chi connectivity index (χ0v) is 12.2. The number of aromatic carboxylic acids is 1. The number of hydrogen-bond donors (Lipinski definition) is 3. The molecule has 110 valence electrons. The Morgan fingerprint density at radius 1 is 1.30 bits per heavy atom. The van der Waals surface area contributed by atoms with Crippen molar-refractivity contribution in [3.05, 3.63) is 34.9 Å². The average molecular weight is 298 g/mol. The second kappa shape index (κ2) is 7.42. The van der Waals surface area contributed by atoms with E-state index in [-0.39, 0.29) is 22.7 Å². The van der Waals surface area contributed by atoms with Crippen molar-refractivity contribution in [1.82, 2.24) is 0 Å². The number of hydrogen-bond acceptors (Lipinski definition) is 5. The number of aliphatic hydroxyl groups is 2. The van der Waals surface area contributed by atoms with Gasteiger partial charge in [0.25, 0.3) is 0 Å². The van der Waals surface area contributed by atoms with Crippen LogP contribution in [-0.4, -0.2) is 38.3 Å². The van der Waals surface area contributed by atoms with Crippen LogP contribution in [0.25, 0.3) is 0 Å². The summed E-state index contributed by atoms with van der Waals surface area (Å²) in [5.41, 5.74) is 0.812. The Morgan fingerprint density at radius 3 is 2.50 bits per heavy atom. The van der Waals surface area contributed by atoms with Crippen molar-refractivity contribution in [2.24, 2.45) is 0 Å². The number of benzene rings is 1. The summed E-state index contributed by atoms with van der Waals surface area (Å²) in [5, 5.41) is 29.2. The van der Waals surface area contributed by atoms with Gasteiger partial charge in [0.2, 0.25) is 0 Å². The monoisotopic (exact) mass is 298 g/mol. The molecule has 3 N–H and O–H groups in total. The first kappa shape index (κ1) is 16.7. The molecular weight excluding hydrogens is 280 g/mol. The van der Waals surface area contributed by atoms with Crippen molar-refractivity contribution < 1.29 is 24.9 Å². The summed E-state index contributed by atoms with van der Waals surface area (Å²) in [6.07, 6.45) is -2.19. The van der Waals surface area contributed by atoms with Gasteiger partial charge in [-0.3, -0.25) is 4.79 Å². The third-order valence-corrected chi connectivity index (χ3v) is 3.78. The van der Waals surface area contributed by atoms with E-state index in [4.69, 9.17) is 5.11 Å². The first-order valence-electron chi connectivity index (χ1n) is 6.17. The lowest BCUT2D eigenvalue weighted by Gasteiger charge is -2.21. The van der Waals surface area contributed by atoms with Crippen molar-refractivity contribution >= 4 is 22.8 Å². The quantitative estimate of drug-likeness (QED) is 0.740. The summed E-state index contributed by atoms with van der Waals surface area (Å²) in [4.78, 5) is 22.0. The van der Waals surface area contributed by atoms with E-state index in [0.717, 1.165) is 11.8 Å². The van der Waals surface area contributed by atoms with Gasteiger partial charge < -0.3 is 15.3 Å². The van der Waals surface area contributed by atoms with E-state index in [1.807, 2.05) is 0 Å². The lowest BCUT2D eigenvalue weighted by atomic mass is 9.93. The first-order valence-corrected chi connectivity index (χ1v) is 7.15. The van der Waals surface area contributed by atoms with E-state index < -0.39 is 18.2 Å². The third kappa shape index (κ3) is 4.33. The van der Waals surface area contributed by atoms with Crippen LogP contribution in [0.5, 0.6) is 0 Å². The highest BCUT2D eigenvalue weighted by atomic mass is 32.2. The van der Waals surface area contributed by atoms with Crippen LogP contribution in [-0.2, 0) is 4.79 Å². The molecule has 20 heavy (non-hydrogen) atoms. The molecule has 0 radical (unpaired) electrons. The van der Waals surface area contributed by atoms with Crippen LogP contribution in [0.15, 0.2) is 18.2 Å². The minimum absolute atomic E-state index is 0.0178. The van der Waals surface area contributed by atoms with Gasteiger partial charge in [0.15, 0.2) is 5.12 Å². The van der Waals surface area contributed by atoms with E-state index in [2.05, 4.69) is 0 Å². The van der Waals surface area contributed by atoms with Gasteiger partial charge >= 0.3 is 5.97 Å². The molecule has 5 nitrogen and oxygen atoms in total. The standard InChI is InChI=1S/C14H18O5S/c1-8-4-3-5-10(14(18)19)12(8)13(17)11(16)6-7-20-9(2)15/h3-5,11,13,16-17H,6-7H2,1-2H3,(H,18,19). The molecular formula is C14H18O5S. The van der Waals surface area contributed by atoms with Gasteiger partial charge in [-0.05, 0) is 25.0 Å². The van der Waals surface area contributed by atoms with Gasteiger partial charge in [0.05, 0.1) is 11.7 Å². The summed E-state index contributed by atoms with van der Waals surface area (Å²) >= 11 is 1.06. The summed E-state index contributed by atoms with van der Waals surface area (Å²) < 4.78 is 0. The fourth-order valence-electron chi connectivity index (χ4n) is 1.93. The molecule has 2 atom stereocenters. The molecule has 2 unspecified atom stereocenters. The van der Waals surface area contributed by atoms with Crippen molar-refractivity contribution in [3.8, 4) is 0 Å². The number of aliphatic hydroxyl groups excluding tert-OH is 2. The van der Waals surface area contributed by atoms with Gasteiger partial charge in [-0.2, -0.15) is 0 Å². The molecule has 0 saturated carbocycles. The van der Waals surface area contributed by atoms with Gasteiger partial charge in [-0.25, -0.2) is 4.79 Å². The Morgan fingerprint density at radius 2 is 1.95 bits per heavy atom.